The smallest absolute Gasteiger partial charge is 0.236 e. The second-order valence-electron chi connectivity index (χ2n) is 8.87. The van der Waals surface area contributed by atoms with E-state index in [-0.39, 0.29) is 17.7 Å². The van der Waals surface area contributed by atoms with Gasteiger partial charge >= 0.3 is 0 Å². The highest BCUT2D eigenvalue weighted by atomic mass is 16.2. The van der Waals surface area contributed by atoms with Crippen molar-refractivity contribution < 1.29 is 9.59 Å². The van der Waals surface area contributed by atoms with E-state index >= 15 is 0 Å². The molecule has 1 N–H and O–H groups in total. The van der Waals surface area contributed by atoms with Crippen molar-refractivity contribution in [3.8, 4) is 0 Å². The number of hydrogen-bond donors (Lipinski definition) is 1. The Labute approximate surface area is 180 Å². The average Bonchev–Trinajstić information content (AvgIpc) is 2.75. The highest BCUT2D eigenvalue weighted by molar-refractivity contribution is 5.78. The second kappa shape index (κ2) is 10.2. The molecule has 2 aliphatic heterocycles. The Morgan fingerprint density at radius 3 is 2.60 bits per heavy atom. The molecule has 2 saturated heterocycles. The molecule has 2 amide bonds. The van der Waals surface area contributed by atoms with Gasteiger partial charge in [-0.1, -0.05) is 6.92 Å². The van der Waals surface area contributed by atoms with Crippen LogP contribution in [0.15, 0.2) is 6.07 Å². The van der Waals surface area contributed by atoms with Crippen molar-refractivity contribution in [3.63, 3.8) is 0 Å². The van der Waals surface area contributed by atoms with Crippen LogP contribution in [0.4, 0.5) is 5.82 Å². The van der Waals surface area contributed by atoms with Gasteiger partial charge in [0.1, 0.15) is 11.6 Å². The summed E-state index contributed by atoms with van der Waals surface area (Å²) in [6, 6.07) is 1.88. The van der Waals surface area contributed by atoms with E-state index in [1.165, 1.54) is 12.8 Å². The maximum absolute atomic E-state index is 12.9. The highest BCUT2D eigenvalue weighted by Gasteiger charge is 2.28. The van der Waals surface area contributed by atoms with Crippen molar-refractivity contribution in [2.24, 2.45) is 5.92 Å². The molecule has 30 heavy (non-hydrogen) atoms. The van der Waals surface area contributed by atoms with Gasteiger partial charge in [0.15, 0.2) is 0 Å². The van der Waals surface area contributed by atoms with Gasteiger partial charge in [-0.15, -0.1) is 0 Å². The molecular formula is C22H36N6O2. The summed E-state index contributed by atoms with van der Waals surface area (Å²) in [6.45, 7) is 8.32. The lowest BCUT2D eigenvalue weighted by Gasteiger charge is -2.35. The van der Waals surface area contributed by atoms with Gasteiger partial charge in [0.25, 0.3) is 0 Å². The maximum atomic E-state index is 12.9. The van der Waals surface area contributed by atoms with Crippen LogP contribution in [0.2, 0.25) is 0 Å². The van der Waals surface area contributed by atoms with Gasteiger partial charge < -0.3 is 15.1 Å². The zero-order valence-electron chi connectivity index (χ0n) is 18.9. The molecule has 0 spiro atoms. The molecule has 1 atom stereocenters. The summed E-state index contributed by atoms with van der Waals surface area (Å²) in [6.07, 6.45) is 4.29. The normalized spacial score (nSPS) is 20.8. The molecule has 0 radical (unpaired) electrons. The number of rotatable bonds is 6. The minimum Gasteiger partial charge on any atom is -0.373 e. The van der Waals surface area contributed by atoms with E-state index in [0.717, 1.165) is 55.7 Å². The van der Waals surface area contributed by atoms with E-state index in [1.54, 1.807) is 18.9 Å². The summed E-state index contributed by atoms with van der Waals surface area (Å²) < 4.78 is 0. The molecule has 2 aliphatic rings. The average molecular weight is 417 g/mol. The summed E-state index contributed by atoms with van der Waals surface area (Å²) in [5.74, 6) is 2.62. The van der Waals surface area contributed by atoms with Crippen molar-refractivity contribution in [2.75, 3.05) is 52.1 Å². The summed E-state index contributed by atoms with van der Waals surface area (Å²) >= 11 is 0. The molecule has 0 bridgehead atoms. The number of nitrogens with zero attached hydrogens (tertiary/aromatic N) is 5. The minimum atomic E-state index is 0.00251. The maximum Gasteiger partial charge on any atom is 0.236 e. The number of nitrogens with one attached hydrogen (secondary N) is 1. The Kier molecular flexibility index (Phi) is 7.64. The van der Waals surface area contributed by atoms with Crippen LogP contribution >= 0.6 is 0 Å². The lowest BCUT2D eigenvalue weighted by molar-refractivity contribution is -0.134. The molecule has 3 heterocycles. The van der Waals surface area contributed by atoms with Crippen LogP contribution in [0.1, 0.15) is 57.0 Å². The Morgan fingerprint density at radius 1 is 1.20 bits per heavy atom. The molecule has 3 rings (SSSR count). The first-order chi connectivity index (χ1) is 14.4. The largest absolute Gasteiger partial charge is 0.373 e. The Morgan fingerprint density at radius 2 is 1.93 bits per heavy atom. The third-order valence-electron chi connectivity index (χ3n) is 6.36. The van der Waals surface area contributed by atoms with Gasteiger partial charge in [-0.05, 0) is 44.7 Å². The van der Waals surface area contributed by atoms with E-state index in [0.29, 0.717) is 19.6 Å². The van der Waals surface area contributed by atoms with E-state index in [2.05, 4.69) is 22.1 Å². The van der Waals surface area contributed by atoms with E-state index in [4.69, 9.17) is 4.98 Å². The van der Waals surface area contributed by atoms with Crippen molar-refractivity contribution in [1.29, 1.82) is 0 Å². The Bertz CT molecular complexity index is 747. The number of aromatic nitrogens is 2. The van der Waals surface area contributed by atoms with Gasteiger partial charge in [-0.25, -0.2) is 9.97 Å². The van der Waals surface area contributed by atoms with Crippen LogP contribution in [0.5, 0.6) is 0 Å². The number of hydrogen-bond acceptors (Lipinski definition) is 6. The fourth-order valence-electron chi connectivity index (χ4n) is 4.19. The number of carbonyl (C=O) groups is 2. The summed E-state index contributed by atoms with van der Waals surface area (Å²) in [5.41, 5.74) is 0.813. The third-order valence-corrected chi connectivity index (χ3v) is 6.36. The zero-order valence-corrected chi connectivity index (χ0v) is 18.9. The van der Waals surface area contributed by atoms with Crippen molar-refractivity contribution in [3.05, 3.63) is 17.6 Å². The van der Waals surface area contributed by atoms with Crippen LogP contribution in [-0.4, -0.2) is 83.3 Å². The van der Waals surface area contributed by atoms with Crippen molar-refractivity contribution in [1.82, 2.24) is 24.7 Å². The zero-order chi connectivity index (χ0) is 21.7. The van der Waals surface area contributed by atoms with Crippen LogP contribution in [0.3, 0.4) is 0 Å². The first-order valence-electron chi connectivity index (χ1n) is 11.1. The van der Waals surface area contributed by atoms with Crippen molar-refractivity contribution >= 4 is 17.6 Å². The molecule has 0 aromatic carbocycles. The predicted octanol–water partition coefficient (Wildman–Crippen LogP) is 1.93. The molecule has 2 fully saturated rings. The lowest BCUT2D eigenvalue weighted by Crippen LogP contribution is -2.46. The minimum absolute atomic E-state index is 0.00251. The number of carbonyl (C=O) groups excluding carboxylic acids is 2. The van der Waals surface area contributed by atoms with Crippen LogP contribution in [0.25, 0.3) is 0 Å². The van der Waals surface area contributed by atoms with Crippen LogP contribution in [0, 0.1) is 5.92 Å². The predicted molar refractivity (Wildman–Crippen MR) is 117 cm³/mol. The fourth-order valence-corrected chi connectivity index (χ4v) is 4.19. The van der Waals surface area contributed by atoms with E-state index in [1.807, 2.05) is 18.0 Å². The van der Waals surface area contributed by atoms with E-state index < -0.39 is 0 Å². The molecule has 1 unspecified atom stereocenters. The summed E-state index contributed by atoms with van der Waals surface area (Å²) in [4.78, 5) is 39.9. The molecule has 1 aromatic rings. The molecular weight excluding hydrogens is 380 g/mol. The number of amides is 2. The Balaban J connectivity index is 1.66. The number of likely N-dealkylation sites (tertiary alicyclic amines) is 2. The molecule has 0 saturated carbocycles. The SMILES string of the molecule is CNc1cc(CN(C)C(C)=O)nc(C2CCCN(C(=O)CN3CCC(C)CC3)C2)n1. The lowest BCUT2D eigenvalue weighted by atomic mass is 9.96. The monoisotopic (exact) mass is 416 g/mol. The first-order valence-corrected chi connectivity index (χ1v) is 11.1. The second-order valence-corrected chi connectivity index (χ2v) is 8.87. The summed E-state index contributed by atoms with van der Waals surface area (Å²) in [7, 11) is 3.60. The molecule has 0 aliphatic carbocycles. The van der Waals surface area contributed by atoms with Gasteiger partial charge in [0.05, 0.1) is 18.8 Å². The van der Waals surface area contributed by atoms with Crippen molar-refractivity contribution in [2.45, 2.75) is 52.0 Å². The van der Waals surface area contributed by atoms with Gasteiger partial charge in [-0.2, -0.15) is 0 Å². The third kappa shape index (κ3) is 5.90. The molecule has 8 heteroatoms. The highest BCUT2D eigenvalue weighted by Crippen LogP contribution is 2.26. The van der Waals surface area contributed by atoms with Gasteiger partial charge in [0.2, 0.25) is 11.8 Å². The van der Waals surface area contributed by atoms with Gasteiger partial charge in [0, 0.05) is 46.1 Å². The molecule has 8 nitrogen and oxygen atoms in total. The quantitative estimate of drug-likeness (QED) is 0.763. The molecule has 166 valence electrons. The van der Waals surface area contributed by atoms with Gasteiger partial charge in [-0.3, -0.25) is 14.5 Å². The van der Waals surface area contributed by atoms with Crippen LogP contribution < -0.4 is 5.32 Å². The molecule has 1 aromatic heterocycles. The first kappa shape index (κ1) is 22.5. The summed E-state index contributed by atoms with van der Waals surface area (Å²) in [5, 5.41) is 3.10. The number of piperidine rings is 2. The topological polar surface area (TPSA) is 81.7 Å². The van der Waals surface area contributed by atoms with Crippen LogP contribution in [-0.2, 0) is 16.1 Å². The van der Waals surface area contributed by atoms with E-state index in [9.17, 15) is 9.59 Å². The Hall–Kier alpha value is -2.22. The fraction of sp³-hybridized carbons (Fsp3) is 0.727. The standard InChI is InChI=1S/C22H36N6O2/c1-16-7-10-27(11-8-16)15-21(30)28-9-5-6-18(13-28)22-24-19(12-20(23-3)25-22)14-26(4)17(2)29/h12,16,18H,5-11,13-15H2,1-4H3,(H,23,24,25). The number of anilines is 1.